The first-order valence-electron chi connectivity index (χ1n) is 5.29. The van der Waals surface area contributed by atoms with Crippen molar-refractivity contribution in [3.05, 3.63) is 35.9 Å². The second-order valence-corrected chi connectivity index (χ2v) is 5.37. The zero-order valence-corrected chi connectivity index (χ0v) is 10.1. The topological polar surface area (TPSA) is 44.8 Å². The monoisotopic (exact) mass is 242 g/mol. The Morgan fingerprint density at radius 2 is 2.19 bits per heavy atom. The van der Waals surface area contributed by atoms with Crippen LogP contribution in [0.25, 0.3) is 0 Å². The molecule has 1 aromatic rings. The molecule has 88 valence electrons. The fraction of sp³-hybridized carbons (Fsp3) is 0.455. The summed E-state index contributed by atoms with van der Waals surface area (Å²) in [4.78, 5) is 0. The van der Waals surface area contributed by atoms with Crippen LogP contribution in [0.1, 0.15) is 18.9 Å². The van der Waals surface area contributed by atoms with Crippen molar-refractivity contribution in [2.45, 2.75) is 26.1 Å². The molecule has 2 atom stereocenters. The summed E-state index contributed by atoms with van der Waals surface area (Å²) >= 11 is 0. The summed E-state index contributed by atoms with van der Waals surface area (Å²) in [5.41, 5.74) is 0.947. The van der Waals surface area contributed by atoms with Crippen LogP contribution in [-0.2, 0) is 24.7 Å². The maximum Gasteiger partial charge on any atom is 0.475 e. The summed E-state index contributed by atoms with van der Waals surface area (Å²) in [6.07, 6.45) is 0.675. The SMILES string of the molecule is CC1CCOP(=O)(OCc2ccccc2)O1. The molecule has 2 unspecified atom stereocenters. The van der Waals surface area contributed by atoms with Gasteiger partial charge in [-0.3, -0.25) is 13.6 Å². The molecule has 0 radical (unpaired) electrons. The molecule has 1 aromatic carbocycles. The summed E-state index contributed by atoms with van der Waals surface area (Å²) in [6.45, 7) is 2.53. The molecule has 1 fully saturated rings. The van der Waals surface area contributed by atoms with Gasteiger partial charge < -0.3 is 0 Å². The number of phosphoric ester groups is 1. The van der Waals surface area contributed by atoms with Crippen LogP contribution in [0.5, 0.6) is 0 Å². The van der Waals surface area contributed by atoms with Crippen molar-refractivity contribution >= 4 is 7.82 Å². The van der Waals surface area contributed by atoms with E-state index < -0.39 is 7.82 Å². The van der Waals surface area contributed by atoms with E-state index >= 15 is 0 Å². The van der Waals surface area contributed by atoms with Crippen molar-refractivity contribution in [3.63, 3.8) is 0 Å². The number of phosphoric acid groups is 1. The lowest BCUT2D eigenvalue weighted by molar-refractivity contribution is 0.0339. The molecule has 16 heavy (non-hydrogen) atoms. The van der Waals surface area contributed by atoms with Crippen molar-refractivity contribution in [2.75, 3.05) is 6.61 Å². The van der Waals surface area contributed by atoms with Crippen LogP contribution < -0.4 is 0 Å². The first-order chi connectivity index (χ1) is 7.68. The van der Waals surface area contributed by atoms with Crippen molar-refractivity contribution in [1.82, 2.24) is 0 Å². The van der Waals surface area contributed by atoms with E-state index in [-0.39, 0.29) is 12.7 Å². The lowest BCUT2D eigenvalue weighted by Gasteiger charge is -2.26. The summed E-state index contributed by atoms with van der Waals surface area (Å²) in [6, 6.07) is 9.53. The van der Waals surface area contributed by atoms with Gasteiger partial charge in [0.1, 0.15) is 0 Å². The number of hydrogen-bond donors (Lipinski definition) is 0. The molecular formula is C11H15O4P. The van der Waals surface area contributed by atoms with Gasteiger partial charge in [0.05, 0.1) is 19.3 Å². The van der Waals surface area contributed by atoms with Gasteiger partial charge in [-0.1, -0.05) is 30.3 Å². The predicted octanol–water partition coefficient (Wildman–Crippen LogP) is 3.14. The normalized spacial score (nSPS) is 30.2. The van der Waals surface area contributed by atoms with E-state index in [9.17, 15) is 4.57 Å². The van der Waals surface area contributed by atoms with Gasteiger partial charge in [0.25, 0.3) is 0 Å². The van der Waals surface area contributed by atoms with Gasteiger partial charge in [0.2, 0.25) is 0 Å². The Morgan fingerprint density at radius 3 is 2.88 bits per heavy atom. The molecule has 0 amide bonds. The highest BCUT2D eigenvalue weighted by Gasteiger charge is 2.33. The van der Waals surface area contributed by atoms with Crippen molar-refractivity contribution in [2.24, 2.45) is 0 Å². The largest absolute Gasteiger partial charge is 0.475 e. The van der Waals surface area contributed by atoms with Gasteiger partial charge in [0.15, 0.2) is 0 Å². The first-order valence-corrected chi connectivity index (χ1v) is 6.75. The Morgan fingerprint density at radius 1 is 1.44 bits per heavy atom. The van der Waals surface area contributed by atoms with Crippen molar-refractivity contribution in [3.8, 4) is 0 Å². The number of rotatable bonds is 3. The highest BCUT2D eigenvalue weighted by Crippen LogP contribution is 2.53. The van der Waals surface area contributed by atoms with Gasteiger partial charge in [0, 0.05) is 0 Å². The molecule has 4 nitrogen and oxygen atoms in total. The van der Waals surface area contributed by atoms with Crippen LogP contribution in [0.2, 0.25) is 0 Å². The maximum absolute atomic E-state index is 12.0. The fourth-order valence-corrected chi connectivity index (χ4v) is 2.81. The molecule has 1 aliphatic heterocycles. The highest BCUT2D eigenvalue weighted by molar-refractivity contribution is 7.48. The van der Waals surface area contributed by atoms with Crippen LogP contribution in [0, 0.1) is 0 Å². The Hall–Kier alpha value is -0.670. The highest BCUT2D eigenvalue weighted by atomic mass is 31.2. The second-order valence-electron chi connectivity index (χ2n) is 3.74. The Kier molecular flexibility index (Phi) is 3.77. The Labute approximate surface area is 95.1 Å². The molecule has 0 bridgehead atoms. The summed E-state index contributed by atoms with van der Waals surface area (Å²) in [7, 11) is -3.34. The molecule has 1 aliphatic rings. The van der Waals surface area contributed by atoms with E-state index in [4.69, 9.17) is 13.6 Å². The van der Waals surface area contributed by atoms with Gasteiger partial charge in [-0.25, -0.2) is 4.57 Å². The van der Waals surface area contributed by atoms with Crippen LogP contribution in [0.4, 0.5) is 0 Å². The molecule has 5 heteroatoms. The van der Waals surface area contributed by atoms with Crippen molar-refractivity contribution < 1.29 is 18.1 Å². The molecule has 1 heterocycles. The molecule has 1 saturated heterocycles. The van der Waals surface area contributed by atoms with E-state index in [1.807, 2.05) is 37.3 Å². The lowest BCUT2D eigenvalue weighted by atomic mass is 10.2. The van der Waals surface area contributed by atoms with Gasteiger partial charge in [-0.05, 0) is 18.9 Å². The van der Waals surface area contributed by atoms with Crippen LogP contribution in [0.15, 0.2) is 30.3 Å². The Balaban J connectivity index is 1.92. The molecule has 0 aliphatic carbocycles. The third kappa shape index (κ3) is 3.16. The van der Waals surface area contributed by atoms with E-state index in [0.29, 0.717) is 6.61 Å². The average molecular weight is 242 g/mol. The van der Waals surface area contributed by atoms with Crippen LogP contribution >= 0.6 is 7.82 Å². The standard InChI is InChI=1S/C11H15O4P/c1-10-7-8-13-16(12,15-10)14-9-11-5-3-2-4-6-11/h2-6,10H,7-9H2,1H3. The number of hydrogen-bond acceptors (Lipinski definition) is 4. The minimum Gasteiger partial charge on any atom is -0.287 e. The van der Waals surface area contributed by atoms with Gasteiger partial charge in [-0.2, -0.15) is 0 Å². The van der Waals surface area contributed by atoms with Gasteiger partial charge >= 0.3 is 7.82 Å². The smallest absolute Gasteiger partial charge is 0.287 e. The molecule has 0 saturated carbocycles. The second kappa shape index (κ2) is 5.11. The van der Waals surface area contributed by atoms with E-state index in [2.05, 4.69) is 0 Å². The molecule has 0 aromatic heterocycles. The zero-order chi connectivity index (χ0) is 11.4. The fourth-order valence-electron chi connectivity index (χ4n) is 1.43. The zero-order valence-electron chi connectivity index (χ0n) is 9.17. The summed E-state index contributed by atoms with van der Waals surface area (Å²) in [5.74, 6) is 0. The quantitative estimate of drug-likeness (QED) is 0.764. The first kappa shape index (κ1) is 11.8. The maximum atomic E-state index is 12.0. The van der Waals surface area contributed by atoms with Crippen LogP contribution in [-0.4, -0.2) is 12.7 Å². The lowest BCUT2D eigenvalue weighted by Crippen LogP contribution is -2.18. The van der Waals surface area contributed by atoms with Crippen LogP contribution in [0.3, 0.4) is 0 Å². The Bertz CT molecular complexity index is 379. The van der Waals surface area contributed by atoms with E-state index in [1.54, 1.807) is 0 Å². The molecule has 2 rings (SSSR count). The van der Waals surface area contributed by atoms with E-state index in [0.717, 1.165) is 12.0 Å². The van der Waals surface area contributed by atoms with Crippen molar-refractivity contribution in [1.29, 1.82) is 0 Å². The third-order valence-corrected chi connectivity index (χ3v) is 3.88. The van der Waals surface area contributed by atoms with Gasteiger partial charge in [-0.15, -0.1) is 0 Å². The number of benzene rings is 1. The molecule has 0 N–H and O–H groups in total. The minimum atomic E-state index is -3.34. The average Bonchev–Trinajstić information content (AvgIpc) is 2.28. The predicted molar refractivity (Wildman–Crippen MR) is 60.0 cm³/mol. The summed E-state index contributed by atoms with van der Waals surface area (Å²) in [5, 5.41) is 0. The van der Waals surface area contributed by atoms with E-state index in [1.165, 1.54) is 0 Å². The summed E-state index contributed by atoms with van der Waals surface area (Å²) < 4.78 is 27.5. The molecule has 0 spiro atoms. The molecular weight excluding hydrogens is 227 g/mol. The minimum absolute atomic E-state index is 0.0737. The third-order valence-electron chi connectivity index (χ3n) is 2.31.